The second kappa shape index (κ2) is 4.95. The Morgan fingerprint density at radius 2 is 2.57 bits per heavy atom. The van der Waals surface area contributed by atoms with Crippen molar-refractivity contribution in [1.29, 1.82) is 0 Å². The maximum absolute atomic E-state index is 5.53. The van der Waals surface area contributed by atoms with E-state index in [0.717, 1.165) is 21.8 Å². The highest BCUT2D eigenvalue weighted by atomic mass is 32.2. The van der Waals surface area contributed by atoms with Gasteiger partial charge in [0.2, 0.25) is 5.13 Å². The first-order valence-electron chi connectivity index (χ1n) is 4.64. The fourth-order valence-electron chi connectivity index (χ4n) is 1.31. The predicted octanol–water partition coefficient (Wildman–Crippen LogP) is 1.85. The van der Waals surface area contributed by atoms with Crippen molar-refractivity contribution in [3.8, 4) is 0 Å². The van der Waals surface area contributed by atoms with Gasteiger partial charge in [-0.25, -0.2) is 0 Å². The molecule has 1 aromatic rings. The molecule has 0 saturated carbocycles. The van der Waals surface area contributed by atoms with E-state index < -0.39 is 0 Å². The van der Waals surface area contributed by atoms with E-state index in [1.807, 2.05) is 7.05 Å². The molecule has 1 N–H and O–H groups in total. The normalized spacial score (nSPS) is 21.4. The third-order valence-electron chi connectivity index (χ3n) is 2.04. The molecule has 1 atom stereocenters. The molecular weight excluding hydrogens is 218 g/mol. The maximum Gasteiger partial charge on any atom is 0.206 e. The molecule has 1 unspecified atom stereocenters. The lowest BCUT2D eigenvalue weighted by Crippen LogP contribution is -2.07. The first kappa shape index (κ1) is 10.2. The van der Waals surface area contributed by atoms with Crippen LogP contribution in [0.3, 0.4) is 0 Å². The molecule has 0 aromatic carbocycles. The van der Waals surface area contributed by atoms with Crippen molar-refractivity contribution < 1.29 is 4.74 Å². The number of hydrogen-bond donors (Lipinski definition) is 1. The van der Waals surface area contributed by atoms with Gasteiger partial charge >= 0.3 is 0 Å². The SMILES string of the molecule is CNc1nnc(SCC2CCCO2)s1. The molecule has 0 spiro atoms. The second-order valence-electron chi connectivity index (χ2n) is 3.07. The molecule has 1 aliphatic rings. The molecule has 1 saturated heterocycles. The summed E-state index contributed by atoms with van der Waals surface area (Å²) in [5, 5.41) is 11.9. The fourth-order valence-corrected chi connectivity index (χ4v) is 3.11. The zero-order chi connectivity index (χ0) is 9.80. The molecule has 2 rings (SSSR count). The van der Waals surface area contributed by atoms with Crippen molar-refractivity contribution in [2.75, 3.05) is 24.7 Å². The molecule has 0 amide bonds. The summed E-state index contributed by atoms with van der Waals surface area (Å²) >= 11 is 3.32. The lowest BCUT2D eigenvalue weighted by Gasteiger charge is -2.05. The van der Waals surface area contributed by atoms with Gasteiger partial charge in [0.25, 0.3) is 0 Å². The van der Waals surface area contributed by atoms with Crippen molar-refractivity contribution in [2.45, 2.75) is 23.3 Å². The zero-order valence-electron chi connectivity index (χ0n) is 8.02. The Balaban J connectivity index is 1.79. The highest BCUT2D eigenvalue weighted by Crippen LogP contribution is 2.27. The van der Waals surface area contributed by atoms with Gasteiger partial charge in [0.15, 0.2) is 4.34 Å². The summed E-state index contributed by atoms with van der Waals surface area (Å²) in [5.41, 5.74) is 0. The Hall–Kier alpha value is -0.330. The molecule has 1 fully saturated rings. The van der Waals surface area contributed by atoms with Gasteiger partial charge in [-0.1, -0.05) is 23.1 Å². The van der Waals surface area contributed by atoms with E-state index in [1.54, 1.807) is 23.1 Å². The Labute approximate surface area is 91.4 Å². The summed E-state index contributed by atoms with van der Waals surface area (Å²) in [7, 11) is 1.86. The lowest BCUT2D eigenvalue weighted by atomic mass is 10.3. The largest absolute Gasteiger partial charge is 0.377 e. The summed E-state index contributed by atoms with van der Waals surface area (Å²) in [6.07, 6.45) is 2.80. The van der Waals surface area contributed by atoms with Gasteiger partial charge in [0, 0.05) is 19.4 Å². The topological polar surface area (TPSA) is 47.0 Å². The van der Waals surface area contributed by atoms with Gasteiger partial charge in [-0.2, -0.15) is 0 Å². The lowest BCUT2D eigenvalue weighted by molar-refractivity contribution is 0.129. The average molecular weight is 231 g/mol. The Morgan fingerprint density at radius 3 is 3.21 bits per heavy atom. The molecule has 2 heterocycles. The molecule has 4 nitrogen and oxygen atoms in total. The quantitative estimate of drug-likeness (QED) is 0.801. The first-order chi connectivity index (χ1) is 6.88. The summed E-state index contributed by atoms with van der Waals surface area (Å²) in [5.74, 6) is 0.998. The number of ether oxygens (including phenoxy) is 1. The second-order valence-corrected chi connectivity index (χ2v) is 5.31. The van der Waals surface area contributed by atoms with E-state index >= 15 is 0 Å². The van der Waals surface area contributed by atoms with Crippen molar-refractivity contribution in [3.63, 3.8) is 0 Å². The van der Waals surface area contributed by atoms with Crippen LogP contribution < -0.4 is 5.32 Å². The predicted molar refractivity (Wildman–Crippen MR) is 59.2 cm³/mol. The van der Waals surface area contributed by atoms with Crippen LogP contribution in [0.2, 0.25) is 0 Å². The van der Waals surface area contributed by atoms with Crippen LogP contribution >= 0.6 is 23.1 Å². The Bertz CT molecular complexity index is 286. The van der Waals surface area contributed by atoms with Gasteiger partial charge in [-0.15, -0.1) is 10.2 Å². The smallest absolute Gasteiger partial charge is 0.206 e. The molecule has 0 radical (unpaired) electrons. The van der Waals surface area contributed by atoms with Gasteiger partial charge in [0.05, 0.1) is 6.10 Å². The van der Waals surface area contributed by atoms with Crippen LogP contribution in [0.25, 0.3) is 0 Å². The van der Waals surface area contributed by atoms with Crippen LogP contribution in [0.5, 0.6) is 0 Å². The number of nitrogens with one attached hydrogen (secondary N) is 1. The van der Waals surface area contributed by atoms with Gasteiger partial charge in [-0.05, 0) is 12.8 Å². The molecule has 0 aliphatic carbocycles. The van der Waals surface area contributed by atoms with Gasteiger partial charge in [-0.3, -0.25) is 0 Å². The van der Waals surface area contributed by atoms with Crippen LogP contribution in [-0.4, -0.2) is 35.7 Å². The summed E-state index contributed by atoms with van der Waals surface area (Å²) in [6.45, 7) is 0.920. The summed E-state index contributed by atoms with van der Waals surface area (Å²) < 4.78 is 6.55. The van der Waals surface area contributed by atoms with E-state index in [1.165, 1.54) is 12.8 Å². The minimum atomic E-state index is 0.418. The number of thioether (sulfide) groups is 1. The Kier molecular flexibility index (Phi) is 3.61. The first-order valence-corrected chi connectivity index (χ1v) is 6.44. The number of rotatable bonds is 4. The molecule has 1 aromatic heterocycles. The monoisotopic (exact) mass is 231 g/mol. The van der Waals surface area contributed by atoms with Crippen LogP contribution in [0, 0.1) is 0 Å². The van der Waals surface area contributed by atoms with Crippen LogP contribution in [0.15, 0.2) is 4.34 Å². The Morgan fingerprint density at radius 1 is 1.64 bits per heavy atom. The molecule has 1 aliphatic heterocycles. The third kappa shape index (κ3) is 2.59. The number of hydrogen-bond acceptors (Lipinski definition) is 6. The van der Waals surface area contributed by atoms with Gasteiger partial charge < -0.3 is 10.1 Å². The summed E-state index contributed by atoms with van der Waals surface area (Å²) in [6, 6.07) is 0. The van der Waals surface area contributed by atoms with Crippen molar-refractivity contribution in [1.82, 2.24) is 10.2 Å². The van der Waals surface area contributed by atoms with E-state index in [9.17, 15) is 0 Å². The standard InChI is InChI=1S/C8H13N3OS2/c1-9-7-10-11-8(14-7)13-5-6-3-2-4-12-6/h6H,2-5H2,1H3,(H,9,10). The number of anilines is 1. The van der Waals surface area contributed by atoms with E-state index in [0.29, 0.717) is 6.10 Å². The molecule has 0 bridgehead atoms. The molecular formula is C8H13N3OS2. The average Bonchev–Trinajstić information content (AvgIpc) is 2.86. The highest BCUT2D eigenvalue weighted by molar-refractivity contribution is 8.01. The number of nitrogens with zero attached hydrogens (tertiary/aromatic N) is 2. The van der Waals surface area contributed by atoms with Crippen LogP contribution in [0.4, 0.5) is 5.13 Å². The van der Waals surface area contributed by atoms with Crippen molar-refractivity contribution in [2.24, 2.45) is 0 Å². The summed E-state index contributed by atoms with van der Waals surface area (Å²) in [4.78, 5) is 0. The number of aromatic nitrogens is 2. The fraction of sp³-hybridized carbons (Fsp3) is 0.750. The van der Waals surface area contributed by atoms with Gasteiger partial charge in [0.1, 0.15) is 0 Å². The minimum absolute atomic E-state index is 0.418. The third-order valence-corrected chi connectivity index (χ3v) is 4.24. The van der Waals surface area contributed by atoms with E-state index in [4.69, 9.17) is 4.74 Å². The van der Waals surface area contributed by atoms with Crippen LogP contribution in [0.1, 0.15) is 12.8 Å². The van der Waals surface area contributed by atoms with E-state index in [-0.39, 0.29) is 0 Å². The van der Waals surface area contributed by atoms with Crippen LogP contribution in [-0.2, 0) is 4.74 Å². The maximum atomic E-state index is 5.53. The highest BCUT2D eigenvalue weighted by Gasteiger charge is 2.16. The molecule has 78 valence electrons. The molecule has 14 heavy (non-hydrogen) atoms. The van der Waals surface area contributed by atoms with Crippen molar-refractivity contribution in [3.05, 3.63) is 0 Å². The van der Waals surface area contributed by atoms with Crippen molar-refractivity contribution >= 4 is 28.2 Å². The molecule has 6 heteroatoms. The zero-order valence-corrected chi connectivity index (χ0v) is 9.66. The minimum Gasteiger partial charge on any atom is -0.377 e. The van der Waals surface area contributed by atoms with E-state index in [2.05, 4.69) is 15.5 Å².